The van der Waals surface area contributed by atoms with Crippen molar-refractivity contribution in [1.29, 1.82) is 0 Å². The highest BCUT2D eigenvalue weighted by atomic mass is 16.4. The van der Waals surface area contributed by atoms with Crippen LogP contribution in [-0.2, 0) is 0 Å². The lowest BCUT2D eigenvalue weighted by Crippen LogP contribution is -2.32. The lowest BCUT2D eigenvalue weighted by molar-refractivity contribution is 0.424. The van der Waals surface area contributed by atoms with Crippen LogP contribution in [0.15, 0.2) is 42.7 Å². The highest BCUT2D eigenvalue weighted by Crippen LogP contribution is 2.12. The zero-order valence-electron chi connectivity index (χ0n) is 7.91. The van der Waals surface area contributed by atoms with Gasteiger partial charge in [-0.2, -0.15) is 0 Å². The van der Waals surface area contributed by atoms with Gasteiger partial charge in [0.1, 0.15) is 0 Å². The minimum Gasteiger partial charge on any atom is -0.422 e. The molecule has 0 radical (unpaired) electrons. The van der Waals surface area contributed by atoms with Crippen molar-refractivity contribution < 1.29 is 10.0 Å². The van der Waals surface area contributed by atoms with Gasteiger partial charge in [0.15, 0.2) is 0 Å². The van der Waals surface area contributed by atoms with Crippen molar-refractivity contribution in [2.75, 3.05) is 0 Å². The first kappa shape index (κ1) is 9.83. The molecule has 0 unspecified atom stereocenters. The Morgan fingerprint density at radius 2 is 1.93 bits per heavy atom. The molecule has 0 fully saturated rings. The summed E-state index contributed by atoms with van der Waals surface area (Å²) in [5, 5.41) is 17.9. The molecule has 74 valence electrons. The topological polar surface area (TPSA) is 66.2 Å². The first-order valence-electron chi connectivity index (χ1n) is 4.51. The molecule has 2 N–H and O–H groups in total. The van der Waals surface area contributed by atoms with Crippen LogP contribution in [0, 0.1) is 0 Å². The SMILES string of the molecule is OB(O)c1cccc(-c2cccnc2)n1. The molecular formula is C10H9BN2O2. The van der Waals surface area contributed by atoms with Crippen LogP contribution < -0.4 is 5.59 Å². The normalized spacial score (nSPS) is 10.0. The maximum absolute atomic E-state index is 8.97. The molecule has 0 saturated heterocycles. The molecule has 2 rings (SSSR count). The molecule has 2 heterocycles. The zero-order valence-corrected chi connectivity index (χ0v) is 7.91. The van der Waals surface area contributed by atoms with Crippen LogP contribution >= 0.6 is 0 Å². The summed E-state index contributed by atoms with van der Waals surface area (Å²) in [4.78, 5) is 8.07. The van der Waals surface area contributed by atoms with E-state index < -0.39 is 7.12 Å². The molecule has 0 bridgehead atoms. The van der Waals surface area contributed by atoms with Crippen molar-refractivity contribution in [3.63, 3.8) is 0 Å². The number of aromatic nitrogens is 2. The predicted molar refractivity (Wildman–Crippen MR) is 57.3 cm³/mol. The van der Waals surface area contributed by atoms with E-state index >= 15 is 0 Å². The Bertz CT molecular complexity index is 448. The zero-order chi connectivity index (χ0) is 10.7. The minimum absolute atomic E-state index is 0.233. The summed E-state index contributed by atoms with van der Waals surface area (Å²) in [5.74, 6) is 0. The molecule has 0 aliphatic heterocycles. The Balaban J connectivity index is 2.42. The Hall–Kier alpha value is -1.72. The molecule has 2 aromatic heterocycles. The summed E-state index contributed by atoms with van der Waals surface area (Å²) in [6.07, 6.45) is 3.35. The van der Waals surface area contributed by atoms with Crippen molar-refractivity contribution in [2.24, 2.45) is 0 Å². The third-order valence-corrected chi connectivity index (χ3v) is 1.99. The largest absolute Gasteiger partial charge is 0.508 e. The van der Waals surface area contributed by atoms with Gasteiger partial charge in [0.05, 0.1) is 11.3 Å². The van der Waals surface area contributed by atoms with Crippen LogP contribution in [0.5, 0.6) is 0 Å². The quantitative estimate of drug-likeness (QED) is 0.660. The van der Waals surface area contributed by atoms with E-state index in [2.05, 4.69) is 9.97 Å². The molecule has 2 aromatic rings. The predicted octanol–water partition coefficient (Wildman–Crippen LogP) is -0.177. The Morgan fingerprint density at radius 3 is 2.60 bits per heavy atom. The van der Waals surface area contributed by atoms with Crippen molar-refractivity contribution in [3.05, 3.63) is 42.7 Å². The van der Waals surface area contributed by atoms with E-state index in [4.69, 9.17) is 10.0 Å². The van der Waals surface area contributed by atoms with Crippen molar-refractivity contribution in [2.45, 2.75) is 0 Å². The Labute approximate surface area is 87.4 Å². The number of hydrogen-bond acceptors (Lipinski definition) is 4. The molecule has 0 amide bonds. The smallest absolute Gasteiger partial charge is 0.422 e. The lowest BCUT2D eigenvalue weighted by atomic mass is 9.85. The van der Waals surface area contributed by atoms with Crippen molar-refractivity contribution >= 4 is 12.7 Å². The third-order valence-electron chi connectivity index (χ3n) is 1.99. The van der Waals surface area contributed by atoms with Gasteiger partial charge in [0.25, 0.3) is 0 Å². The summed E-state index contributed by atoms with van der Waals surface area (Å²) in [7, 11) is -1.54. The Morgan fingerprint density at radius 1 is 1.07 bits per heavy atom. The lowest BCUT2D eigenvalue weighted by Gasteiger charge is -2.02. The molecule has 0 saturated carbocycles. The van der Waals surface area contributed by atoms with E-state index in [0.29, 0.717) is 5.69 Å². The number of rotatable bonds is 2. The van der Waals surface area contributed by atoms with Crippen LogP contribution in [0.4, 0.5) is 0 Å². The van der Waals surface area contributed by atoms with Gasteiger partial charge in [-0.25, -0.2) is 0 Å². The highest BCUT2D eigenvalue weighted by Gasteiger charge is 2.13. The molecule has 0 aliphatic carbocycles. The summed E-state index contributed by atoms with van der Waals surface area (Å²) < 4.78 is 0. The van der Waals surface area contributed by atoms with Crippen LogP contribution in [0.3, 0.4) is 0 Å². The highest BCUT2D eigenvalue weighted by molar-refractivity contribution is 6.57. The summed E-state index contributed by atoms with van der Waals surface area (Å²) in [5.41, 5.74) is 1.75. The van der Waals surface area contributed by atoms with Crippen LogP contribution in [0.25, 0.3) is 11.3 Å². The maximum atomic E-state index is 8.97. The molecule has 0 atom stereocenters. The second-order valence-corrected chi connectivity index (χ2v) is 3.06. The van der Waals surface area contributed by atoms with E-state index in [9.17, 15) is 0 Å². The summed E-state index contributed by atoms with van der Waals surface area (Å²) in [6.45, 7) is 0. The number of nitrogens with zero attached hydrogens (tertiary/aromatic N) is 2. The van der Waals surface area contributed by atoms with E-state index in [1.807, 2.05) is 6.07 Å². The van der Waals surface area contributed by atoms with Crippen LogP contribution in [0.2, 0.25) is 0 Å². The van der Waals surface area contributed by atoms with Gasteiger partial charge in [-0.15, -0.1) is 0 Å². The van der Waals surface area contributed by atoms with E-state index in [1.54, 1.807) is 36.7 Å². The van der Waals surface area contributed by atoms with Crippen molar-refractivity contribution in [3.8, 4) is 11.3 Å². The van der Waals surface area contributed by atoms with Gasteiger partial charge in [-0.1, -0.05) is 6.07 Å². The van der Waals surface area contributed by atoms with Gasteiger partial charge in [-0.3, -0.25) is 9.97 Å². The summed E-state index contributed by atoms with van der Waals surface area (Å²) >= 11 is 0. The standard InChI is InChI=1S/C10H9BN2O2/c14-11(15)10-5-1-4-9(13-10)8-3-2-6-12-7-8/h1-7,14-15H. The van der Waals surface area contributed by atoms with E-state index in [1.165, 1.54) is 0 Å². The maximum Gasteiger partial charge on any atom is 0.508 e. The molecule has 15 heavy (non-hydrogen) atoms. The summed E-state index contributed by atoms with van der Waals surface area (Å²) in [6, 6.07) is 8.75. The minimum atomic E-state index is -1.54. The van der Waals surface area contributed by atoms with E-state index in [-0.39, 0.29) is 5.59 Å². The molecule has 0 aromatic carbocycles. The van der Waals surface area contributed by atoms with E-state index in [0.717, 1.165) is 5.56 Å². The first-order valence-corrected chi connectivity index (χ1v) is 4.51. The van der Waals surface area contributed by atoms with Crippen LogP contribution in [-0.4, -0.2) is 27.1 Å². The van der Waals surface area contributed by atoms with Gasteiger partial charge in [0.2, 0.25) is 0 Å². The first-order chi connectivity index (χ1) is 7.27. The number of hydrogen-bond donors (Lipinski definition) is 2. The second kappa shape index (κ2) is 4.21. The van der Waals surface area contributed by atoms with Gasteiger partial charge in [0, 0.05) is 18.0 Å². The fourth-order valence-electron chi connectivity index (χ4n) is 1.27. The average molecular weight is 200 g/mol. The van der Waals surface area contributed by atoms with Gasteiger partial charge < -0.3 is 10.0 Å². The molecular weight excluding hydrogens is 191 g/mol. The van der Waals surface area contributed by atoms with Crippen LogP contribution in [0.1, 0.15) is 0 Å². The monoisotopic (exact) mass is 200 g/mol. The molecule has 5 heteroatoms. The fraction of sp³-hybridized carbons (Fsp3) is 0. The fourth-order valence-corrected chi connectivity index (χ4v) is 1.27. The number of pyridine rings is 2. The molecule has 0 aliphatic rings. The Kier molecular flexibility index (Phi) is 2.76. The average Bonchev–Trinajstić information content (AvgIpc) is 2.30. The molecule has 4 nitrogen and oxygen atoms in total. The van der Waals surface area contributed by atoms with Crippen molar-refractivity contribution in [1.82, 2.24) is 9.97 Å². The van der Waals surface area contributed by atoms with Gasteiger partial charge >= 0.3 is 7.12 Å². The molecule has 0 spiro atoms. The second-order valence-electron chi connectivity index (χ2n) is 3.06. The van der Waals surface area contributed by atoms with Gasteiger partial charge in [-0.05, 0) is 24.3 Å². The third kappa shape index (κ3) is 2.20.